The minimum absolute atomic E-state index is 0.169. The third-order valence-corrected chi connectivity index (χ3v) is 9.90. The molecule has 5 heteroatoms. The zero-order valence-electron chi connectivity index (χ0n) is 20.3. The van der Waals surface area contributed by atoms with Crippen molar-refractivity contribution in [3.05, 3.63) is 48.2 Å². The van der Waals surface area contributed by atoms with E-state index in [1.54, 1.807) is 0 Å². The minimum Gasteiger partial charge on any atom is -0.275 e. The van der Waals surface area contributed by atoms with Gasteiger partial charge in [0.25, 0.3) is 0 Å². The van der Waals surface area contributed by atoms with Crippen LogP contribution in [0.25, 0.3) is 22.6 Å². The van der Waals surface area contributed by atoms with Gasteiger partial charge in [-0.15, -0.1) is 0 Å². The Morgan fingerprint density at radius 1 is 0.706 bits per heavy atom. The van der Waals surface area contributed by atoms with Crippen molar-refractivity contribution in [2.75, 3.05) is 0 Å². The lowest BCUT2D eigenvalue weighted by molar-refractivity contribution is 0.117. The maximum absolute atomic E-state index is 5.39. The van der Waals surface area contributed by atoms with Crippen molar-refractivity contribution in [3.8, 4) is 22.6 Å². The molecule has 5 nitrogen and oxygen atoms in total. The quantitative estimate of drug-likeness (QED) is 0.460. The van der Waals surface area contributed by atoms with Crippen molar-refractivity contribution in [2.45, 2.75) is 87.9 Å². The highest BCUT2D eigenvalue weighted by molar-refractivity contribution is 5.67. The zero-order chi connectivity index (χ0) is 22.8. The van der Waals surface area contributed by atoms with Crippen molar-refractivity contribution in [2.24, 2.45) is 18.9 Å². The van der Waals surface area contributed by atoms with Gasteiger partial charge < -0.3 is 0 Å². The fourth-order valence-electron chi connectivity index (χ4n) is 7.54. The number of nitrogens with zero attached hydrogens (tertiary/aromatic N) is 5. The van der Waals surface area contributed by atoms with Crippen LogP contribution in [0.3, 0.4) is 0 Å². The van der Waals surface area contributed by atoms with Crippen LogP contribution >= 0.6 is 0 Å². The van der Waals surface area contributed by atoms with Crippen LogP contribution in [0.15, 0.2) is 36.5 Å². The van der Waals surface area contributed by atoms with Crippen molar-refractivity contribution in [1.29, 1.82) is 0 Å². The van der Waals surface area contributed by atoms with Crippen LogP contribution in [0.4, 0.5) is 0 Å². The highest BCUT2D eigenvalue weighted by Crippen LogP contribution is 2.53. The second-order valence-electron chi connectivity index (χ2n) is 11.8. The summed E-state index contributed by atoms with van der Waals surface area (Å²) in [5.74, 6) is 4.96. The molecule has 2 heterocycles. The molecule has 0 aliphatic heterocycles. The number of rotatable bonds is 4. The van der Waals surface area contributed by atoms with Gasteiger partial charge in [0.05, 0.1) is 5.69 Å². The molecule has 6 aliphatic carbocycles. The molecule has 6 fully saturated rings. The summed E-state index contributed by atoms with van der Waals surface area (Å²) in [6, 6.07) is 10.7. The molecule has 6 saturated carbocycles. The summed E-state index contributed by atoms with van der Waals surface area (Å²) >= 11 is 0. The molecule has 0 amide bonds. The van der Waals surface area contributed by atoms with Gasteiger partial charge in [0.1, 0.15) is 11.6 Å². The zero-order valence-corrected chi connectivity index (χ0v) is 20.3. The molecular formula is C29H35N5. The Morgan fingerprint density at radius 2 is 1.24 bits per heavy atom. The first kappa shape index (κ1) is 20.8. The predicted molar refractivity (Wildman–Crippen MR) is 133 cm³/mol. The molecule has 3 aromatic rings. The van der Waals surface area contributed by atoms with Gasteiger partial charge in [-0.05, 0) is 101 Å². The van der Waals surface area contributed by atoms with Crippen LogP contribution in [-0.4, -0.2) is 24.7 Å². The Balaban J connectivity index is 1.36. The molecule has 0 saturated heterocycles. The number of benzene rings is 1. The molecule has 0 spiro atoms. The predicted octanol–water partition coefficient (Wildman–Crippen LogP) is 6.38. The van der Waals surface area contributed by atoms with E-state index in [-0.39, 0.29) is 10.8 Å². The Labute approximate surface area is 202 Å². The highest BCUT2D eigenvalue weighted by Gasteiger charge is 2.47. The van der Waals surface area contributed by atoms with Crippen LogP contribution in [0.2, 0.25) is 0 Å². The van der Waals surface area contributed by atoms with Gasteiger partial charge >= 0.3 is 0 Å². The van der Waals surface area contributed by atoms with Crippen LogP contribution in [0.1, 0.15) is 88.7 Å². The number of aromatic nitrogens is 5. The SMILES string of the molecule is Cn1ccc(-c2cccc(-c3nc(C45CCC(CC4)CC5)nc(C45CCC(CC4)CC5)n3)c2)n1. The molecular weight excluding hydrogens is 418 g/mol. The van der Waals surface area contributed by atoms with Crippen LogP contribution < -0.4 is 0 Å². The Hall–Kier alpha value is -2.56. The van der Waals surface area contributed by atoms with Crippen molar-refractivity contribution < 1.29 is 0 Å². The lowest BCUT2D eigenvalue weighted by atomic mass is 9.59. The minimum atomic E-state index is 0.169. The summed E-state index contributed by atoms with van der Waals surface area (Å²) in [5, 5.41) is 4.62. The van der Waals surface area contributed by atoms with E-state index in [0.717, 1.165) is 46.1 Å². The lowest BCUT2D eigenvalue weighted by Gasteiger charge is -2.47. The van der Waals surface area contributed by atoms with Gasteiger partial charge in [-0.1, -0.05) is 18.2 Å². The Kier molecular flexibility index (Phi) is 4.72. The van der Waals surface area contributed by atoms with E-state index in [1.165, 1.54) is 77.0 Å². The van der Waals surface area contributed by atoms with E-state index in [0.29, 0.717) is 0 Å². The average Bonchev–Trinajstić information content (AvgIpc) is 3.37. The van der Waals surface area contributed by atoms with E-state index >= 15 is 0 Å². The van der Waals surface area contributed by atoms with E-state index in [2.05, 4.69) is 35.4 Å². The number of hydrogen-bond acceptors (Lipinski definition) is 4. The largest absolute Gasteiger partial charge is 0.275 e. The van der Waals surface area contributed by atoms with E-state index < -0.39 is 0 Å². The van der Waals surface area contributed by atoms with Gasteiger partial charge in [0.2, 0.25) is 0 Å². The standard InChI is InChI=1S/C29H35N5/c1-34-18-11-24(33-34)22-3-2-4-23(19-22)25-30-26(28-12-5-20(6-13-28)7-14-28)32-27(31-25)29-15-8-21(9-16-29)10-17-29/h2-4,11,18-21H,5-10,12-17H2,1H3. The Morgan fingerprint density at radius 3 is 1.74 bits per heavy atom. The van der Waals surface area contributed by atoms with Crippen LogP contribution in [0, 0.1) is 11.8 Å². The smallest absolute Gasteiger partial charge is 0.163 e. The van der Waals surface area contributed by atoms with E-state index in [1.807, 2.05) is 17.9 Å². The first-order valence-electron chi connectivity index (χ1n) is 13.5. The molecule has 9 rings (SSSR count). The van der Waals surface area contributed by atoms with Crippen molar-refractivity contribution in [3.63, 3.8) is 0 Å². The van der Waals surface area contributed by atoms with Gasteiger partial charge in [-0.2, -0.15) is 5.10 Å². The van der Waals surface area contributed by atoms with Crippen molar-refractivity contribution in [1.82, 2.24) is 24.7 Å². The third kappa shape index (κ3) is 3.34. The number of fused-ring (bicyclic) bond motifs is 6. The summed E-state index contributed by atoms with van der Waals surface area (Å²) in [5.41, 5.74) is 3.54. The molecule has 4 bridgehead atoms. The molecule has 0 unspecified atom stereocenters. The normalized spacial score (nSPS) is 32.3. The maximum atomic E-state index is 5.39. The molecule has 6 aliphatic rings. The van der Waals surface area contributed by atoms with Gasteiger partial charge in [-0.25, -0.2) is 15.0 Å². The van der Waals surface area contributed by atoms with E-state index in [9.17, 15) is 0 Å². The first-order chi connectivity index (χ1) is 16.6. The fraction of sp³-hybridized carbons (Fsp3) is 0.586. The summed E-state index contributed by atoms with van der Waals surface area (Å²) in [6.45, 7) is 0. The van der Waals surface area contributed by atoms with Gasteiger partial charge in [0.15, 0.2) is 5.82 Å². The molecule has 0 N–H and O–H groups in total. The second-order valence-corrected chi connectivity index (χ2v) is 11.8. The summed E-state index contributed by atoms with van der Waals surface area (Å²) in [6.07, 6.45) is 17.6. The molecule has 0 radical (unpaired) electrons. The second kappa shape index (κ2) is 7.73. The molecule has 1 aromatic carbocycles. The van der Waals surface area contributed by atoms with Crippen molar-refractivity contribution >= 4 is 0 Å². The monoisotopic (exact) mass is 453 g/mol. The molecule has 34 heavy (non-hydrogen) atoms. The third-order valence-electron chi connectivity index (χ3n) is 9.90. The van der Waals surface area contributed by atoms with E-state index in [4.69, 9.17) is 15.0 Å². The highest BCUT2D eigenvalue weighted by atomic mass is 15.2. The average molecular weight is 454 g/mol. The fourth-order valence-corrected chi connectivity index (χ4v) is 7.54. The molecule has 2 aromatic heterocycles. The molecule has 176 valence electrons. The first-order valence-corrected chi connectivity index (χ1v) is 13.5. The van der Waals surface area contributed by atoms with Crippen LogP contribution in [-0.2, 0) is 17.9 Å². The maximum Gasteiger partial charge on any atom is 0.163 e. The summed E-state index contributed by atoms with van der Waals surface area (Å²) in [7, 11) is 1.97. The number of hydrogen-bond donors (Lipinski definition) is 0. The molecule has 0 atom stereocenters. The van der Waals surface area contributed by atoms with Gasteiger partial charge in [0, 0.05) is 35.2 Å². The van der Waals surface area contributed by atoms with Crippen LogP contribution in [0.5, 0.6) is 0 Å². The summed E-state index contributed by atoms with van der Waals surface area (Å²) in [4.78, 5) is 15.9. The number of aryl methyl sites for hydroxylation is 1. The summed E-state index contributed by atoms with van der Waals surface area (Å²) < 4.78 is 1.86. The van der Waals surface area contributed by atoms with Gasteiger partial charge in [-0.3, -0.25) is 4.68 Å². The topological polar surface area (TPSA) is 56.5 Å². The lowest BCUT2D eigenvalue weighted by Crippen LogP contribution is -2.42. The Bertz CT molecular complexity index is 1130.